The van der Waals surface area contributed by atoms with E-state index in [0.29, 0.717) is 29.1 Å². The van der Waals surface area contributed by atoms with Crippen molar-refractivity contribution >= 4 is 28.4 Å². The summed E-state index contributed by atoms with van der Waals surface area (Å²) in [5.74, 6) is -0.179. The van der Waals surface area contributed by atoms with Gasteiger partial charge in [0.15, 0.2) is 0 Å². The van der Waals surface area contributed by atoms with Crippen LogP contribution >= 0.6 is 11.6 Å². The molecule has 1 amide bonds. The molecule has 122 valence electrons. The first kappa shape index (κ1) is 16.3. The predicted molar refractivity (Wildman–Crippen MR) is 96.8 cm³/mol. The zero-order valence-corrected chi connectivity index (χ0v) is 14.0. The van der Waals surface area contributed by atoms with Crippen LogP contribution in [0.5, 0.6) is 0 Å². The lowest BCUT2D eigenvalue weighted by Crippen LogP contribution is -2.25. The van der Waals surface area contributed by atoms with Crippen LogP contribution in [-0.2, 0) is 6.42 Å². The molecule has 0 atom stereocenters. The predicted octanol–water partition coefficient (Wildman–Crippen LogP) is 3.46. The van der Waals surface area contributed by atoms with Gasteiger partial charge in [0.05, 0.1) is 10.6 Å². The van der Waals surface area contributed by atoms with Gasteiger partial charge in [-0.25, -0.2) is 0 Å². The molecule has 0 bridgehead atoms. The zero-order chi connectivity index (χ0) is 17.1. The van der Waals surface area contributed by atoms with Gasteiger partial charge in [0.1, 0.15) is 0 Å². The Morgan fingerprint density at radius 3 is 2.75 bits per heavy atom. The highest BCUT2D eigenvalue weighted by Gasteiger charge is 2.08. The Labute approximate surface area is 144 Å². The van der Waals surface area contributed by atoms with Gasteiger partial charge in [-0.15, -0.1) is 0 Å². The smallest absolute Gasteiger partial charge is 0.252 e. The van der Waals surface area contributed by atoms with Crippen molar-refractivity contribution in [3.63, 3.8) is 0 Å². The van der Waals surface area contributed by atoms with Gasteiger partial charge < -0.3 is 10.3 Å². The summed E-state index contributed by atoms with van der Waals surface area (Å²) in [6.45, 7) is 2.30. The van der Waals surface area contributed by atoms with Crippen LogP contribution in [0.1, 0.15) is 21.5 Å². The standard InChI is InChI=1S/C19H17ClN2O2/c1-12-10-14-11-13(6-7-17(14)22-18(12)23)8-9-21-19(24)15-4-2-3-5-16(15)20/h2-7,10-11H,8-9H2,1H3,(H,21,24)(H,22,23). The number of hydrogen-bond acceptors (Lipinski definition) is 2. The minimum absolute atomic E-state index is 0.0674. The number of benzene rings is 2. The quantitative estimate of drug-likeness (QED) is 0.764. The van der Waals surface area contributed by atoms with Crippen LogP contribution in [0.15, 0.2) is 53.3 Å². The lowest BCUT2D eigenvalue weighted by Gasteiger charge is -2.08. The van der Waals surface area contributed by atoms with Crippen LogP contribution in [0.3, 0.4) is 0 Å². The number of nitrogens with one attached hydrogen (secondary N) is 2. The van der Waals surface area contributed by atoms with Gasteiger partial charge in [0, 0.05) is 17.6 Å². The topological polar surface area (TPSA) is 62.0 Å². The fourth-order valence-corrected chi connectivity index (χ4v) is 2.80. The highest BCUT2D eigenvalue weighted by atomic mass is 35.5. The summed E-state index contributed by atoms with van der Waals surface area (Å²) in [4.78, 5) is 26.6. The van der Waals surface area contributed by atoms with Crippen LogP contribution in [-0.4, -0.2) is 17.4 Å². The first-order valence-corrected chi connectivity index (χ1v) is 8.08. The van der Waals surface area contributed by atoms with Crippen LogP contribution in [0.25, 0.3) is 10.9 Å². The second-order valence-electron chi connectivity index (χ2n) is 5.69. The Hall–Kier alpha value is -2.59. The Balaban J connectivity index is 1.68. The highest BCUT2D eigenvalue weighted by Crippen LogP contribution is 2.15. The van der Waals surface area contributed by atoms with Crippen molar-refractivity contribution in [1.29, 1.82) is 0 Å². The summed E-state index contributed by atoms with van der Waals surface area (Å²) in [6, 6.07) is 14.7. The van der Waals surface area contributed by atoms with Crippen LogP contribution in [0.2, 0.25) is 5.02 Å². The van der Waals surface area contributed by atoms with E-state index in [1.807, 2.05) is 24.3 Å². The molecular formula is C19H17ClN2O2. The molecule has 24 heavy (non-hydrogen) atoms. The monoisotopic (exact) mass is 340 g/mol. The first-order valence-electron chi connectivity index (χ1n) is 7.70. The molecule has 2 N–H and O–H groups in total. The lowest BCUT2D eigenvalue weighted by molar-refractivity contribution is 0.0954. The lowest BCUT2D eigenvalue weighted by atomic mass is 10.1. The summed E-state index contributed by atoms with van der Waals surface area (Å²) < 4.78 is 0. The summed E-state index contributed by atoms with van der Waals surface area (Å²) >= 11 is 6.02. The number of rotatable bonds is 4. The van der Waals surface area contributed by atoms with E-state index in [1.54, 1.807) is 31.2 Å². The molecule has 1 aromatic heterocycles. The number of H-pyrrole nitrogens is 1. The maximum absolute atomic E-state index is 12.1. The minimum atomic E-state index is -0.179. The molecule has 2 aromatic carbocycles. The summed E-state index contributed by atoms with van der Waals surface area (Å²) in [7, 11) is 0. The van der Waals surface area contributed by atoms with Crippen molar-refractivity contribution in [2.24, 2.45) is 0 Å². The molecule has 0 fully saturated rings. The number of pyridine rings is 1. The molecule has 0 unspecified atom stereocenters. The van der Waals surface area contributed by atoms with Crippen molar-refractivity contribution in [3.8, 4) is 0 Å². The molecule has 0 saturated heterocycles. The van der Waals surface area contributed by atoms with Gasteiger partial charge in [-0.05, 0) is 54.6 Å². The molecule has 5 heteroatoms. The Morgan fingerprint density at radius 2 is 1.96 bits per heavy atom. The minimum Gasteiger partial charge on any atom is -0.352 e. The molecule has 3 aromatic rings. The molecule has 0 aliphatic rings. The van der Waals surface area contributed by atoms with Crippen molar-refractivity contribution in [2.75, 3.05) is 6.54 Å². The number of hydrogen-bond donors (Lipinski definition) is 2. The molecule has 0 aliphatic carbocycles. The SMILES string of the molecule is Cc1cc2cc(CCNC(=O)c3ccccc3Cl)ccc2[nH]c1=O. The summed E-state index contributed by atoms with van der Waals surface area (Å²) in [5.41, 5.74) is 3.00. The van der Waals surface area contributed by atoms with Crippen molar-refractivity contribution in [1.82, 2.24) is 10.3 Å². The molecular weight excluding hydrogens is 324 g/mol. The van der Waals surface area contributed by atoms with Gasteiger partial charge in [0.25, 0.3) is 11.5 Å². The summed E-state index contributed by atoms with van der Waals surface area (Å²) in [5, 5.41) is 4.31. The average molecular weight is 341 g/mol. The van der Waals surface area contributed by atoms with E-state index in [1.165, 1.54) is 0 Å². The summed E-state index contributed by atoms with van der Waals surface area (Å²) in [6.07, 6.45) is 0.699. The third-order valence-electron chi connectivity index (χ3n) is 3.91. The number of halogens is 1. The van der Waals surface area contributed by atoms with E-state index in [2.05, 4.69) is 10.3 Å². The number of fused-ring (bicyclic) bond motifs is 1. The molecule has 0 radical (unpaired) electrons. The molecule has 1 heterocycles. The van der Waals surface area contributed by atoms with Crippen LogP contribution in [0, 0.1) is 6.92 Å². The third kappa shape index (κ3) is 3.49. The fraction of sp³-hybridized carbons (Fsp3) is 0.158. The number of amides is 1. The van der Waals surface area contributed by atoms with Crippen LogP contribution in [0.4, 0.5) is 0 Å². The van der Waals surface area contributed by atoms with Gasteiger partial charge in [-0.1, -0.05) is 29.8 Å². The maximum Gasteiger partial charge on any atom is 0.252 e. The fourth-order valence-electron chi connectivity index (χ4n) is 2.58. The molecule has 0 aliphatic heterocycles. The Bertz CT molecular complexity index is 963. The Kier molecular flexibility index (Phi) is 4.67. The average Bonchev–Trinajstić information content (AvgIpc) is 2.56. The number of aromatic amines is 1. The number of carbonyl (C=O) groups is 1. The van der Waals surface area contributed by atoms with Crippen molar-refractivity contribution < 1.29 is 4.79 Å². The second-order valence-corrected chi connectivity index (χ2v) is 6.10. The van der Waals surface area contributed by atoms with Gasteiger partial charge in [-0.3, -0.25) is 9.59 Å². The van der Waals surface area contributed by atoms with E-state index in [4.69, 9.17) is 11.6 Å². The van der Waals surface area contributed by atoms with E-state index in [0.717, 1.165) is 16.5 Å². The molecule has 0 saturated carbocycles. The normalized spacial score (nSPS) is 10.8. The second kappa shape index (κ2) is 6.89. The van der Waals surface area contributed by atoms with Crippen molar-refractivity contribution in [2.45, 2.75) is 13.3 Å². The number of aromatic nitrogens is 1. The highest BCUT2D eigenvalue weighted by molar-refractivity contribution is 6.33. The van der Waals surface area contributed by atoms with Crippen LogP contribution < -0.4 is 10.9 Å². The van der Waals surface area contributed by atoms with Gasteiger partial charge in [0.2, 0.25) is 0 Å². The molecule has 3 rings (SSSR count). The zero-order valence-electron chi connectivity index (χ0n) is 13.2. The Morgan fingerprint density at radius 1 is 1.17 bits per heavy atom. The van der Waals surface area contributed by atoms with E-state index >= 15 is 0 Å². The van der Waals surface area contributed by atoms with Crippen molar-refractivity contribution in [3.05, 3.63) is 80.6 Å². The third-order valence-corrected chi connectivity index (χ3v) is 4.24. The van der Waals surface area contributed by atoms with E-state index in [-0.39, 0.29) is 11.5 Å². The number of aryl methyl sites for hydroxylation is 1. The molecule has 0 spiro atoms. The largest absolute Gasteiger partial charge is 0.352 e. The first-order chi connectivity index (χ1) is 11.5. The van der Waals surface area contributed by atoms with E-state index in [9.17, 15) is 9.59 Å². The maximum atomic E-state index is 12.1. The number of carbonyl (C=O) groups excluding carboxylic acids is 1. The van der Waals surface area contributed by atoms with Gasteiger partial charge in [-0.2, -0.15) is 0 Å². The molecule has 4 nitrogen and oxygen atoms in total. The van der Waals surface area contributed by atoms with Gasteiger partial charge >= 0.3 is 0 Å². The van der Waals surface area contributed by atoms with E-state index < -0.39 is 0 Å².